The molecule has 0 aromatic heterocycles. The topological polar surface area (TPSA) is 73.9 Å². The van der Waals surface area contributed by atoms with Crippen LogP contribution in [0.25, 0.3) is 0 Å². The Kier molecular flexibility index (Phi) is 7.57. The lowest BCUT2D eigenvalue weighted by Gasteiger charge is -2.36. The van der Waals surface area contributed by atoms with Gasteiger partial charge in [-0.3, -0.25) is 14.9 Å². The number of hydrogen-bond acceptors (Lipinski definition) is 5. The predicted molar refractivity (Wildman–Crippen MR) is 138 cm³/mol. The zero-order valence-electron chi connectivity index (χ0n) is 19.2. The minimum atomic E-state index is -0.488. The number of carbonyl (C=O) groups is 2. The molecular weight excluding hydrogens is 467 g/mol. The van der Waals surface area contributed by atoms with Crippen LogP contribution in [0.1, 0.15) is 20.7 Å². The fourth-order valence-corrected chi connectivity index (χ4v) is 4.02. The Morgan fingerprint density at radius 3 is 2.23 bits per heavy atom. The highest BCUT2D eigenvalue weighted by molar-refractivity contribution is 7.80. The minimum Gasteiger partial charge on any atom is -0.497 e. The molecule has 2 amide bonds. The van der Waals surface area contributed by atoms with E-state index in [-0.39, 0.29) is 16.6 Å². The van der Waals surface area contributed by atoms with E-state index in [9.17, 15) is 14.0 Å². The maximum absolute atomic E-state index is 13.3. The van der Waals surface area contributed by atoms with Gasteiger partial charge in [0.25, 0.3) is 11.8 Å². The van der Waals surface area contributed by atoms with Gasteiger partial charge in [-0.15, -0.1) is 0 Å². The number of benzene rings is 3. The third-order valence-corrected chi connectivity index (χ3v) is 5.91. The first-order valence-electron chi connectivity index (χ1n) is 11.1. The molecule has 0 unspecified atom stereocenters. The van der Waals surface area contributed by atoms with Crippen molar-refractivity contribution in [3.05, 3.63) is 89.7 Å². The summed E-state index contributed by atoms with van der Waals surface area (Å²) in [6, 6.07) is 20.2. The van der Waals surface area contributed by atoms with Gasteiger partial charge in [0, 0.05) is 48.7 Å². The first-order valence-corrected chi connectivity index (χ1v) is 11.5. The van der Waals surface area contributed by atoms with Crippen molar-refractivity contribution in [2.75, 3.05) is 43.5 Å². The Labute approximate surface area is 208 Å². The molecule has 0 saturated carbocycles. The predicted octanol–water partition coefficient (Wildman–Crippen LogP) is 3.92. The van der Waals surface area contributed by atoms with Crippen LogP contribution in [0, 0.1) is 5.82 Å². The van der Waals surface area contributed by atoms with Gasteiger partial charge in [0.15, 0.2) is 5.11 Å². The Morgan fingerprint density at radius 2 is 1.60 bits per heavy atom. The molecule has 0 atom stereocenters. The number of amides is 2. The van der Waals surface area contributed by atoms with E-state index in [1.165, 1.54) is 18.2 Å². The standard InChI is InChI=1S/C26H25FN4O3S/c1-34-23-11-5-18(6-12-23)25(33)31-15-13-30(14-16-31)22-9-7-21(8-10-22)28-26(35)29-24(32)19-3-2-4-20(27)17-19/h2-12,17H,13-16H2,1H3,(H2,28,29,32,35). The lowest BCUT2D eigenvalue weighted by atomic mass is 10.1. The zero-order valence-corrected chi connectivity index (χ0v) is 20.0. The molecule has 0 spiro atoms. The molecule has 1 aliphatic heterocycles. The number of nitrogens with one attached hydrogen (secondary N) is 2. The van der Waals surface area contributed by atoms with Crippen molar-refractivity contribution in [1.82, 2.24) is 10.2 Å². The maximum atomic E-state index is 13.3. The summed E-state index contributed by atoms with van der Waals surface area (Å²) in [5.41, 5.74) is 2.58. The van der Waals surface area contributed by atoms with Crippen LogP contribution >= 0.6 is 12.2 Å². The van der Waals surface area contributed by atoms with Crippen molar-refractivity contribution in [3.63, 3.8) is 0 Å². The second-order valence-electron chi connectivity index (χ2n) is 7.97. The van der Waals surface area contributed by atoms with Gasteiger partial charge in [-0.25, -0.2) is 4.39 Å². The number of ether oxygens (including phenoxy) is 1. The average Bonchev–Trinajstić information content (AvgIpc) is 2.89. The molecule has 1 fully saturated rings. The SMILES string of the molecule is COc1ccc(C(=O)N2CCN(c3ccc(NC(=S)NC(=O)c4cccc(F)c4)cc3)CC2)cc1. The normalized spacial score (nSPS) is 13.2. The highest BCUT2D eigenvalue weighted by Gasteiger charge is 2.22. The third-order valence-electron chi connectivity index (χ3n) is 5.71. The second-order valence-corrected chi connectivity index (χ2v) is 8.38. The molecule has 4 rings (SSSR count). The van der Waals surface area contributed by atoms with Gasteiger partial charge in [0.2, 0.25) is 0 Å². The van der Waals surface area contributed by atoms with Crippen LogP contribution in [0.15, 0.2) is 72.8 Å². The van der Waals surface area contributed by atoms with E-state index in [1.54, 1.807) is 31.4 Å². The number of halogens is 1. The summed E-state index contributed by atoms with van der Waals surface area (Å²) >= 11 is 5.20. The molecule has 1 aliphatic rings. The summed E-state index contributed by atoms with van der Waals surface area (Å²) in [5, 5.41) is 5.63. The summed E-state index contributed by atoms with van der Waals surface area (Å²) in [6.45, 7) is 2.69. The summed E-state index contributed by atoms with van der Waals surface area (Å²) in [7, 11) is 1.60. The fourth-order valence-electron chi connectivity index (χ4n) is 3.81. The number of thiocarbonyl (C=S) groups is 1. The molecule has 0 radical (unpaired) electrons. The Morgan fingerprint density at radius 1 is 0.914 bits per heavy atom. The van der Waals surface area contributed by atoms with Crippen LogP contribution in [0.3, 0.4) is 0 Å². The average molecular weight is 493 g/mol. The molecule has 1 saturated heterocycles. The minimum absolute atomic E-state index is 0.0145. The maximum Gasteiger partial charge on any atom is 0.257 e. The van der Waals surface area contributed by atoms with E-state index in [4.69, 9.17) is 17.0 Å². The van der Waals surface area contributed by atoms with Crippen LogP contribution in [0.5, 0.6) is 5.75 Å². The van der Waals surface area contributed by atoms with Gasteiger partial charge >= 0.3 is 0 Å². The molecule has 2 N–H and O–H groups in total. The monoisotopic (exact) mass is 492 g/mol. The van der Waals surface area contributed by atoms with E-state index in [2.05, 4.69) is 15.5 Å². The first-order chi connectivity index (χ1) is 16.9. The smallest absolute Gasteiger partial charge is 0.257 e. The van der Waals surface area contributed by atoms with Crippen LogP contribution in [0.2, 0.25) is 0 Å². The Bertz CT molecular complexity index is 1210. The number of anilines is 2. The molecule has 3 aromatic carbocycles. The number of carbonyl (C=O) groups excluding carboxylic acids is 2. The van der Waals surface area contributed by atoms with Crippen LogP contribution in [-0.4, -0.2) is 55.1 Å². The van der Waals surface area contributed by atoms with Gasteiger partial charge in [0.1, 0.15) is 11.6 Å². The highest BCUT2D eigenvalue weighted by atomic mass is 32.1. The molecular formula is C26H25FN4O3S. The van der Waals surface area contributed by atoms with Crippen molar-refractivity contribution < 1.29 is 18.7 Å². The molecule has 3 aromatic rings. The third kappa shape index (κ3) is 6.13. The van der Waals surface area contributed by atoms with Gasteiger partial charge in [-0.05, 0) is 78.9 Å². The fraction of sp³-hybridized carbons (Fsp3) is 0.192. The molecule has 180 valence electrons. The molecule has 35 heavy (non-hydrogen) atoms. The molecule has 0 bridgehead atoms. The number of methoxy groups -OCH3 is 1. The zero-order chi connectivity index (χ0) is 24.8. The van der Waals surface area contributed by atoms with Crippen LogP contribution < -0.4 is 20.3 Å². The van der Waals surface area contributed by atoms with E-state index < -0.39 is 11.7 Å². The number of hydrogen-bond donors (Lipinski definition) is 2. The van der Waals surface area contributed by atoms with E-state index in [0.717, 1.165) is 30.6 Å². The second kappa shape index (κ2) is 11.0. The largest absolute Gasteiger partial charge is 0.497 e. The van der Waals surface area contributed by atoms with Crippen molar-refractivity contribution in [3.8, 4) is 5.75 Å². The Balaban J connectivity index is 1.27. The number of nitrogens with zero attached hydrogens (tertiary/aromatic N) is 2. The lowest BCUT2D eigenvalue weighted by molar-refractivity contribution is 0.0746. The van der Waals surface area contributed by atoms with Gasteiger partial charge in [-0.2, -0.15) is 0 Å². The molecule has 9 heteroatoms. The van der Waals surface area contributed by atoms with Gasteiger partial charge < -0.3 is 19.9 Å². The van der Waals surface area contributed by atoms with Crippen molar-refractivity contribution in [2.24, 2.45) is 0 Å². The van der Waals surface area contributed by atoms with Crippen molar-refractivity contribution in [1.29, 1.82) is 0 Å². The summed E-state index contributed by atoms with van der Waals surface area (Å²) in [4.78, 5) is 29.0. The molecule has 1 heterocycles. The Hall–Kier alpha value is -3.98. The van der Waals surface area contributed by atoms with E-state index in [0.29, 0.717) is 24.3 Å². The van der Waals surface area contributed by atoms with E-state index in [1.807, 2.05) is 29.2 Å². The first kappa shape index (κ1) is 24.2. The van der Waals surface area contributed by atoms with Crippen LogP contribution in [-0.2, 0) is 0 Å². The molecule has 7 nitrogen and oxygen atoms in total. The van der Waals surface area contributed by atoms with Gasteiger partial charge in [0.05, 0.1) is 7.11 Å². The number of rotatable bonds is 5. The van der Waals surface area contributed by atoms with Crippen molar-refractivity contribution in [2.45, 2.75) is 0 Å². The van der Waals surface area contributed by atoms with Gasteiger partial charge in [-0.1, -0.05) is 6.07 Å². The summed E-state index contributed by atoms with van der Waals surface area (Å²) < 4.78 is 18.5. The lowest BCUT2D eigenvalue weighted by Crippen LogP contribution is -2.48. The summed E-state index contributed by atoms with van der Waals surface area (Å²) in [5.74, 6) is -0.238. The number of piperazine rings is 1. The molecule has 0 aliphatic carbocycles. The van der Waals surface area contributed by atoms with E-state index >= 15 is 0 Å². The summed E-state index contributed by atoms with van der Waals surface area (Å²) in [6.07, 6.45) is 0. The van der Waals surface area contributed by atoms with Crippen molar-refractivity contribution >= 4 is 40.5 Å². The quantitative estimate of drug-likeness (QED) is 0.526. The van der Waals surface area contributed by atoms with Crippen LogP contribution in [0.4, 0.5) is 15.8 Å². The highest BCUT2D eigenvalue weighted by Crippen LogP contribution is 2.21.